The van der Waals surface area contributed by atoms with Gasteiger partial charge in [0, 0.05) is 12.0 Å². The molecule has 0 radical (unpaired) electrons. The zero-order valence-electron chi connectivity index (χ0n) is 9.17. The molecule has 0 unspecified atom stereocenters. The van der Waals surface area contributed by atoms with Gasteiger partial charge in [-0.1, -0.05) is 19.1 Å². The molecular weight excluding hydrogens is 222 g/mol. The number of phenols is 1. The van der Waals surface area contributed by atoms with Gasteiger partial charge < -0.3 is 14.6 Å². The number of phenolic OH excluding ortho intramolecular Hbond substituents is 1. The Bertz CT molecular complexity index is 559. The summed E-state index contributed by atoms with van der Waals surface area (Å²) in [5.41, 5.74) is 1.10. The Kier molecular flexibility index (Phi) is 2.82. The van der Waals surface area contributed by atoms with E-state index >= 15 is 0 Å². The van der Waals surface area contributed by atoms with Crippen molar-refractivity contribution in [3.05, 3.63) is 35.9 Å². The summed E-state index contributed by atoms with van der Waals surface area (Å²) in [6.07, 6.45) is 0.533. The van der Waals surface area contributed by atoms with Gasteiger partial charge in [0.05, 0.1) is 0 Å². The number of hydrogen-bond acceptors (Lipinski definition) is 4. The van der Waals surface area contributed by atoms with E-state index < -0.39 is 5.97 Å². The molecular formula is C12H11NO4. The van der Waals surface area contributed by atoms with E-state index in [0.717, 1.165) is 0 Å². The van der Waals surface area contributed by atoms with Crippen LogP contribution in [0.4, 0.5) is 0 Å². The van der Waals surface area contributed by atoms with Gasteiger partial charge in [-0.05, 0) is 12.1 Å². The Hall–Kier alpha value is -2.30. The number of aromatic hydroxyl groups is 1. The van der Waals surface area contributed by atoms with Crippen LogP contribution in [-0.4, -0.2) is 21.2 Å². The molecule has 1 aromatic heterocycles. The van der Waals surface area contributed by atoms with Gasteiger partial charge in [0.1, 0.15) is 17.2 Å². The third-order valence-electron chi connectivity index (χ3n) is 2.32. The molecule has 0 aliphatic carbocycles. The predicted molar refractivity (Wildman–Crippen MR) is 59.9 cm³/mol. The number of benzene rings is 1. The highest BCUT2D eigenvalue weighted by molar-refractivity contribution is 5.83. The molecule has 0 amide bonds. The molecule has 88 valence electrons. The van der Waals surface area contributed by atoms with Crippen molar-refractivity contribution in [1.82, 2.24) is 4.98 Å². The maximum absolute atomic E-state index is 10.8. The number of aromatic carboxylic acids is 1. The van der Waals surface area contributed by atoms with Crippen molar-refractivity contribution in [2.24, 2.45) is 0 Å². The maximum Gasteiger partial charge on any atom is 0.392 e. The molecule has 0 aliphatic heterocycles. The smallest absolute Gasteiger partial charge is 0.392 e. The van der Waals surface area contributed by atoms with Gasteiger partial charge in [-0.25, -0.2) is 9.78 Å². The minimum Gasteiger partial charge on any atom is -0.508 e. The first-order valence-corrected chi connectivity index (χ1v) is 5.14. The summed E-state index contributed by atoms with van der Waals surface area (Å²) >= 11 is 0. The van der Waals surface area contributed by atoms with Crippen LogP contribution in [0, 0.1) is 0 Å². The maximum atomic E-state index is 10.8. The lowest BCUT2D eigenvalue weighted by molar-refractivity contribution is 0.0652. The average molecular weight is 233 g/mol. The van der Waals surface area contributed by atoms with Crippen molar-refractivity contribution >= 4 is 5.97 Å². The molecule has 0 fully saturated rings. The zero-order valence-corrected chi connectivity index (χ0v) is 9.17. The van der Waals surface area contributed by atoms with Crippen molar-refractivity contribution in [3.8, 4) is 17.0 Å². The van der Waals surface area contributed by atoms with E-state index in [0.29, 0.717) is 23.4 Å². The minimum atomic E-state index is -1.20. The number of carboxylic acids is 1. The number of nitrogens with zero attached hydrogens (tertiary/aromatic N) is 1. The van der Waals surface area contributed by atoms with Crippen LogP contribution in [0.15, 0.2) is 28.7 Å². The molecule has 0 saturated heterocycles. The SMILES string of the molecule is CCc1oc(C(=O)O)nc1-c1cccc(O)c1. The topological polar surface area (TPSA) is 83.6 Å². The predicted octanol–water partition coefficient (Wildman–Crippen LogP) is 2.31. The molecule has 2 rings (SSSR count). The fourth-order valence-corrected chi connectivity index (χ4v) is 1.56. The van der Waals surface area contributed by atoms with Gasteiger partial charge in [0.25, 0.3) is 0 Å². The lowest BCUT2D eigenvalue weighted by Crippen LogP contribution is -1.95. The number of aromatic nitrogens is 1. The van der Waals surface area contributed by atoms with E-state index in [4.69, 9.17) is 9.52 Å². The fraction of sp³-hybridized carbons (Fsp3) is 0.167. The van der Waals surface area contributed by atoms with Crippen LogP contribution in [0.2, 0.25) is 0 Å². The monoisotopic (exact) mass is 233 g/mol. The zero-order chi connectivity index (χ0) is 12.4. The molecule has 2 aromatic rings. The van der Waals surface area contributed by atoms with Crippen molar-refractivity contribution in [3.63, 3.8) is 0 Å². The van der Waals surface area contributed by atoms with Crippen molar-refractivity contribution in [2.45, 2.75) is 13.3 Å². The fourth-order valence-electron chi connectivity index (χ4n) is 1.56. The molecule has 0 atom stereocenters. The Morgan fingerprint density at radius 1 is 1.47 bits per heavy atom. The van der Waals surface area contributed by atoms with Crippen LogP contribution in [0.5, 0.6) is 5.75 Å². The summed E-state index contributed by atoms with van der Waals surface area (Å²) in [6.45, 7) is 1.85. The lowest BCUT2D eigenvalue weighted by atomic mass is 10.1. The van der Waals surface area contributed by atoms with Gasteiger partial charge in [0.15, 0.2) is 0 Å². The van der Waals surface area contributed by atoms with Crippen molar-refractivity contribution in [2.75, 3.05) is 0 Å². The molecule has 17 heavy (non-hydrogen) atoms. The van der Waals surface area contributed by atoms with E-state index in [1.165, 1.54) is 12.1 Å². The number of aryl methyl sites for hydroxylation is 1. The van der Waals surface area contributed by atoms with Crippen LogP contribution in [0.25, 0.3) is 11.3 Å². The largest absolute Gasteiger partial charge is 0.508 e. The van der Waals surface area contributed by atoms with Crippen LogP contribution >= 0.6 is 0 Å². The Balaban J connectivity index is 2.54. The van der Waals surface area contributed by atoms with Crippen LogP contribution in [0.1, 0.15) is 23.4 Å². The van der Waals surface area contributed by atoms with Crippen LogP contribution < -0.4 is 0 Å². The average Bonchev–Trinajstić information content (AvgIpc) is 2.73. The summed E-state index contributed by atoms with van der Waals surface area (Å²) < 4.78 is 5.13. The van der Waals surface area contributed by atoms with E-state index in [2.05, 4.69) is 4.98 Å². The third kappa shape index (κ3) is 2.13. The minimum absolute atomic E-state index is 0.101. The number of carboxylic acid groups (broad SMARTS) is 1. The summed E-state index contributed by atoms with van der Waals surface area (Å²) in [4.78, 5) is 14.7. The molecule has 1 aromatic carbocycles. The summed E-state index contributed by atoms with van der Waals surface area (Å²) in [5.74, 6) is -0.941. The molecule has 5 heteroatoms. The summed E-state index contributed by atoms with van der Waals surface area (Å²) in [7, 11) is 0. The van der Waals surface area contributed by atoms with Crippen LogP contribution in [-0.2, 0) is 6.42 Å². The molecule has 5 nitrogen and oxygen atoms in total. The lowest BCUT2D eigenvalue weighted by Gasteiger charge is -1.99. The molecule has 2 N–H and O–H groups in total. The second-order valence-corrected chi connectivity index (χ2v) is 3.50. The van der Waals surface area contributed by atoms with Gasteiger partial charge in [-0.15, -0.1) is 0 Å². The molecule has 0 saturated carbocycles. The Labute approximate surface area is 97.3 Å². The molecule has 0 spiro atoms. The second-order valence-electron chi connectivity index (χ2n) is 3.50. The highest BCUT2D eigenvalue weighted by Crippen LogP contribution is 2.27. The molecule has 1 heterocycles. The number of hydrogen-bond donors (Lipinski definition) is 2. The van der Waals surface area contributed by atoms with E-state index in [1.807, 2.05) is 6.92 Å². The molecule has 0 aliphatic rings. The van der Waals surface area contributed by atoms with E-state index in [-0.39, 0.29) is 11.6 Å². The quantitative estimate of drug-likeness (QED) is 0.849. The van der Waals surface area contributed by atoms with E-state index in [9.17, 15) is 9.90 Å². The highest BCUT2D eigenvalue weighted by Gasteiger charge is 2.18. The first kappa shape index (κ1) is 11.2. The van der Waals surface area contributed by atoms with E-state index in [1.54, 1.807) is 12.1 Å². The first-order valence-electron chi connectivity index (χ1n) is 5.14. The normalized spacial score (nSPS) is 10.4. The highest BCUT2D eigenvalue weighted by atomic mass is 16.4. The van der Waals surface area contributed by atoms with Crippen molar-refractivity contribution < 1.29 is 19.4 Å². The van der Waals surface area contributed by atoms with Gasteiger partial charge >= 0.3 is 11.9 Å². The standard InChI is InChI=1S/C12H11NO4/c1-2-9-10(13-11(17-9)12(15)16)7-4-3-5-8(14)6-7/h3-6,14H,2H2,1H3,(H,15,16). The number of oxazole rings is 1. The van der Waals surface area contributed by atoms with Crippen molar-refractivity contribution in [1.29, 1.82) is 0 Å². The van der Waals surface area contributed by atoms with Crippen LogP contribution in [0.3, 0.4) is 0 Å². The number of rotatable bonds is 3. The Morgan fingerprint density at radius 3 is 2.82 bits per heavy atom. The summed E-state index contributed by atoms with van der Waals surface area (Å²) in [6, 6.07) is 6.46. The first-order chi connectivity index (χ1) is 8.11. The molecule has 0 bridgehead atoms. The van der Waals surface area contributed by atoms with Gasteiger partial charge in [-0.3, -0.25) is 0 Å². The van der Waals surface area contributed by atoms with Gasteiger partial charge in [-0.2, -0.15) is 0 Å². The van der Waals surface area contributed by atoms with Gasteiger partial charge in [0.2, 0.25) is 0 Å². The summed E-state index contributed by atoms with van der Waals surface area (Å²) in [5, 5.41) is 18.2. The second kappa shape index (κ2) is 4.29. The Morgan fingerprint density at radius 2 is 2.24 bits per heavy atom. The number of carbonyl (C=O) groups is 1. The third-order valence-corrected chi connectivity index (χ3v) is 2.32.